The van der Waals surface area contributed by atoms with Crippen molar-refractivity contribution in [2.75, 3.05) is 0 Å². The number of rotatable bonds is 3. The SMILES string of the molecule is N[C@H](c1ccccc1[N+](=O)[O-])C(F)F. The Morgan fingerprint density at radius 1 is 1.36 bits per heavy atom. The van der Waals surface area contributed by atoms with Crippen LogP contribution in [0.3, 0.4) is 0 Å². The van der Waals surface area contributed by atoms with Gasteiger partial charge in [0.15, 0.2) is 0 Å². The lowest BCUT2D eigenvalue weighted by molar-refractivity contribution is -0.385. The number of hydrogen-bond donors (Lipinski definition) is 1. The topological polar surface area (TPSA) is 69.2 Å². The molecule has 14 heavy (non-hydrogen) atoms. The number of nitrogens with two attached hydrogens (primary N) is 1. The first-order chi connectivity index (χ1) is 6.54. The molecule has 2 N–H and O–H groups in total. The number of para-hydroxylation sites is 1. The Kier molecular flexibility index (Phi) is 3.08. The van der Waals surface area contributed by atoms with E-state index in [2.05, 4.69) is 0 Å². The Balaban J connectivity index is 3.13. The van der Waals surface area contributed by atoms with Crippen molar-refractivity contribution >= 4 is 5.69 Å². The van der Waals surface area contributed by atoms with Crippen LogP contribution in [0.25, 0.3) is 0 Å². The summed E-state index contributed by atoms with van der Waals surface area (Å²) in [6, 6.07) is 3.60. The Labute approximate surface area is 78.5 Å². The van der Waals surface area contributed by atoms with Crippen LogP contribution in [0, 0.1) is 10.1 Å². The van der Waals surface area contributed by atoms with Gasteiger partial charge in [-0.1, -0.05) is 18.2 Å². The molecule has 0 spiro atoms. The van der Waals surface area contributed by atoms with Gasteiger partial charge >= 0.3 is 0 Å². The molecule has 0 radical (unpaired) electrons. The van der Waals surface area contributed by atoms with E-state index in [1.807, 2.05) is 0 Å². The zero-order valence-corrected chi connectivity index (χ0v) is 7.06. The third-order valence-corrected chi connectivity index (χ3v) is 1.76. The highest BCUT2D eigenvalue weighted by atomic mass is 19.3. The molecule has 1 aromatic rings. The lowest BCUT2D eigenvalue weighted by Crippen LogP contribution is -2.20. The highest BCUT2D eigenvalue weighted by Gasteiger charge is 2.25. The second-order valence-electron chi connectivity index (χ2n) is 2.68. The molecule has 0 unspecified atom stereocenters. The van der Waals surface area contributed by atoms with E-state index in [9.17, 15) is 18.9 Å². The van der Waals surface area contributed by atoms with E-state index in [0.717, 1.165) is 6.07 Å². The molecule has 0 amide bonds. The predicted octanol–water partition coefficient (Wildman–Crippen LogP) is 1.86. The van der Waals surface area contributed by atoms with Gasteiger partial charge in [0.2, 0.25) is 0 Å². The zero-order valence-electron chi connectivity index (χ0n) is 7.06. The summed E-state index contributed by atoms with van der Waals surface area (Å²) >= 11 is 0. The van der Waals surface area contributed by atoms with E-state index in [-0.39, 0.29) is 11.3 Å². The first-order valence-electron chi connectivity index (χ1n) is 3.81. The third-order valence-electron chi connectivity index (χ3n) is 1.76. The largest absolute Gasteiger partial charge is 0.319 e. The van der Waals surface area contributed by atoms with Crippen molar-refractivity contribution in [2.24, 2.45) is 5.73 Å². The average molecular weight is 202 g/mol. The molecule has 0 aromatic heterocycles. The molecular formula is C8H8F2N2O2. The molecule has 0 saturated carbocycles. The predicted molar refractivity (Wildman–Crippen MR) is 46.0 cm³/mol. The average Bonchev–Trinajstić information content (AvgIpc) is 2.16. The highest BCUT2D eigenvalue weighted by Crippen LogP contribution is 2.26. The quantitative estimate of drug-likeness (QED) is 0.600. The number of nitro benzene ring substituents is 1. The molecule has 1 atom stereocenters. The smallest absolute Gasteiger partial charge is 0.274 e. The van der Waals surface area contributed by atoms with E-state index in [1.165, 1.54) is 18.2 Å². The number of benzene rings is 1. The van der Waals surface area contributed by atoms with Gasteiger partial charge in [-0.2, -0.15) is 0 Å². The van der Waals surface area contributed by atoms with Crippen molar-refractivity contribution in [3.63, 3.8) is 0 Å². The van der Waals surface area contributed by atoms with Crippen LogP contribution in [0.1, 0.15) is 11.6 Å². The molecular weight excluding hydrogens is 194 g/mol. The Morgan fingerprint density at radius 3 is 2.43 bits per heavy atom. The molecule has 4 nitrogen and oxygen atoms in total. The minimum Gasteiger partial charge on any atom is -0.319 e. The summed E-state index contributed by atoms with van der Waals surface area (Å²) in [5.74, 6) is 0. The van der Waals surface area contributed by atoms with Gasteiger partial charge in [-0.05, 0) is 0 Å². The first kappa shape index (κ1) is 10.5. The standard InChI is InChI=1S/C8H8F2N2O2/c9-8(10)7(11)5-3-1-2-4-6(5)12(13)14/h1-4,7-8H,11H2/t7-/m1/s1. The van der Waals surface area contributed by atoms with E-state index >= 15 is 0 Å². The summed E-state index contributed by atoms with van der Waals surface area (Å²) in [6.07, 6.45) is -2.81. The molecule has 0 aliphatic carbocycles. The maximum Gasteiger partial charge on any atom is 0.274 e. The van der Waals surface area contributed by atoms with Gasteiger partial charge in [-0.25, -0.2) is 8.78 Å². The van der Waals surface area contributed by atoms with Crippen molar-refractivity contribution in [1.82, 2.24) is 0 Å². The third kappa shape index (κ3) is 2.02. The van der Waals surface area contributed by atoms with Crippen LogP contribution in [0.5, 0.6) is 0 Å². The summed E-state index contributed by atoms with van der Waals surface area (Å²) in [5, 5.41) is 10.5. The Morgan fingerprint density at radius 2 is 1.93 bits per heavy atom. The lowest BCUT2D eigenvalue weighted by Gasteiger charge is -2.10. The van der Waals surface area contributed by atoms with E-state index < -0.39 is 17.4 Å². The van der Waals surface area contributed by atoms with Crippen molar-refractivity contribution in [3.05, 3.63) is 39.9 Å². The minimum atomic E-state index is -2.81. The maximum absolute atomic E-state index is 12.2. The molecule has 76 valence electrons. The van der Waals surface area contributed by atoms with Crippen molar-refractivity contribution in [3.8, 4) is 0 Å². The fourth-order valence-electron chi connectivity index (χ4n) is 1.07. The summed E-state index contributed by atoms with van der Waals surface area (Å²) in [5.41, 5.74) is 4.60. The van der Waals surface area contributed by atoms with Crippen LogP contribution in [0.2, 0.25) is 0 Å². The monoisotopic (exact) mass is 202 g/mol. The fourth-order valence-corrected chi connectivity index (χ4v) is 1.07. The normalized spacial score (nSPS) is 12.9. The molecule has 1 aromatic carbocycles. The van der Waals surface area contributed by atoms with Crippen LogP contribution in [-0.4, -0.2) is 11.3 Å². The lowest BCUT2D eigenvalue weighted by atomic mass is 10.1. The van der Waals surface area contributed by atoms with Crippen LogP contribution >= 0.6 is 0 Å². The fraction of sp³-hybridized carbons (Fsp3) is 0.250. The summed E-state index contributed by atoms with van der Waals surface area (Å²) in [6.45, 7) is 0. The summed E-state index contributed by atoms with van der Waals surface area (Å²) < 4.78 is 24.4. The number of nitrogens with zero attached hydrogens (tertiary/aromatic N) is 1. The minimum absolute atomic E-state index is 0.146. The van der Waals surface area contributed by atoms with E-state index in [0.29, 0.717) is 0 Å². The van der Waals surface area contributed by atoms with Crippen molar-refractivity contribution in [2.45, 2.75) is 12.5 Å². The molecule has 0 saturated heterocycles. The van der Waals surface area contributed by atoms with Gasteiger partial charge < -0.3 is 5.73 Å². The van der Waals surface area contributed by atoms with Crippen molar-refractivity contribution in [1.29, 1.82) is 0 Å². The van der Waals surface area contributed by atoms with Gasteiger partial charge in [-0.3, -0.25) is 10.1 Å². The Bertz CT molecular complexity index is 344. The molecule has 0 aliphatic heterocycles. The number of alkyl halides is 2. The Hall–Kier alpha value is -1.56. The van der Waals surface area contributed by atoms with E-state index in [4.69, 9.17) is 5.73 Å². The van der Waals surface area contributed by atoms with Crippen LogP contribution in [0.15, 0.2) is 24.3 Å². The molecule has 1 rings (SSSR count). The maximum atomic E-state index is 12.2. The van der Waals surface area contributed by atoms with E-state index in [1.54, 1.807) is 0 Å². The number of nitro groups is 1. The van der Waals surface area contributed by atoms with Crippen LogP contribution < -0.4 is 5.73 Å². The molecule has 0 fully saturated rings. The van der Waals surface area contributed by atoms with Crippen LogP contribution in [-0.2, 0) is 0 Å². The van der Waals surface area contributed by atoms with Gasteiger partial charge in [0.25, 0.3) is 12.1 Å². The molecule has 0 aliphatic rings. The summed E-state index contributed by atoms with van der Waals surface area (Å²) in [7, 11) is 0. The number of hydrogen-bond acceptors (Lipinski definition) is 3. The van der Waals surface area contributed by atoms with Gasteiger partial charge in [0.05, 0.1) is 16.5 Å². The summed E-state index contributed by atoms with van der Waals surface area (Å²) in [4.78, 5) is 9.73. The zero-order chi connectivity index (χ0) is 10.7. The molecule has 0 heterocycles. The highest BCUT2D eigenvalue weighted by molar-refractivity contribution is 5.42. The van der Waals surface area contributed by atoms with Gasteiger partial charge in [-0.15, -0.1) is 0 Å². The molecule has 0 bridgehead atoms. The van der Waals surface area contributed by atoms with Crippen LogP contribution in [0.4, 0.5) is 14.5 Å². The van der Waals surface area contributed by atoms with Gasteiger partial charge in [0, 0.05) is 6.07 Å². The second kappa shape index (κ2) is 4.10. The second-order valence-corrected chi connectivity index (χ2v) is 2.68. The first-order valence-corrected chi connectivity index (χ1v) is 3.81. The number of halogens is 2. The molecule has 6 heteroatoms. The van der Waals surface area contributed by atoms with Gasteiger partial charge in [0.1, 0.15) is 0 Å². The van der Waals surface area contributed by atoms with Crippen molar-refractivity contribution < 1.29 is 13.7 Å².